The molecule has 0 spiro atoms. The topological polar surface area (TPSA) is 44.8 Å². The summed E-state index contributed by atoms with van der Waals surface area (Å²) in [6.45, 7) is 5.94. The molecule has 0 N–H and O–H groups in total. The summed E-state index contributed by atoms with van der Waals surface area (Å²) in [4.78, 5) is 11.8. The van der Waals surface area contributed by atoms with E-state index in [1.165, 1.54) is 0 Å². The van der Waals surface area contributed by atoms with Crippen LogP contribution in [0.5, 0.6) is 11.5 Å². The van der Waals surface area contributed by atoms with Crippen molar-refractivity contribution in [2.24, 2.45) is 0 Å². The number of esters is 1. The minimum absolute atomic E-state index is 0.331. The van der Waals surface area contributed by atoms with Gasteiger partial charge in [-0.1, -0.05) is 28.1 Å². The summed E-state index contributed by atoms with van der Waals surface area (Å²) >= 11 is 3.39. The fourth-order valence-electron chi connectivity index (χ4n) is 1.99. The van der Waals surface area contributed by atoms with Crippen LogP contribution in [-0.4, -0.2) is 18.2 Å². The predicted octanol–water partition coefficient (Wildman–Crippen LogP) is 4.75. The van der Waals surface area contributed by atoms with Crippen molar-refractivity contribution in [2.45, 2.75) is 33.0 Å². The van der Waals surface area contributed by atoms with Crippen molar-refractivity contribution in [3.63, 3.8) is 0 Å². The number of benzene rings is 2. The molecule has 5 heteroatoms. The minimum Gasteiger partial charge on any atom is -0.489 e. The Labute approximate surface area is 150 Å². The highest BCUT2D eigenvalue weighted by Crippen LogP contribution is 2.21. The van der Waals surface area contributed by atoms with E-state index in [-0.39, 0.29) is 5.97 Å². The van der Waals surface area contributed by atoms with Crippen molar-refractivity contribution < 1.29 is 19.0 Å². The van der Waals surface area contributed by atoms with Crippen molar-refractivity contribution >= 4 is 21.9 Å². The Morgan fingerprint density at radius 2 is 1.58 bits per heavy atom. The Morgan fingerprint density at radius 1 is 1.00 bits per heavy atom. The van der Waals surface area contributed by atoms with Crippen LogP contribution in [0.1, 0.15) is 26.3 Å². The van der Waals surface area contributed by atoms with Gasteiger partial charge in [-0.15, -0.1) is 0 Å². The second-order valence-electron chi connectivity index (χ2n) is 5.72. The Kier molecular flexibility index (Phi) is 6.26. The van der Waals surface area contributed by atoms with Crippen molar-refractivity contribution in [1.82, 2.24) is 0 Å². The number of hydrogen-bond acceptors (Lipinski definition) is 4. The second kappa shape index (κ2) is 8.20. The molecule has 0 atom stereocenters. The van der Waals surface area contributed by atoms with E-state index in [9.17, 15) is 4.79 Å². The van der Waals surface area contributed by atoms with Crippen molar-refractivity contribution in [3.8, 4) is 11.5 Å². The second-order valence-corrected chi connectivity index (χ2v) is 6.64. The Morgan fingerprint density at radius 3 is 2.17 bits per heavy atom. The lowest BCUT2D eigenvalue weighted by Crippen LogP contribution is -2.39. The molecule has 2 aromatic rings. The minimum atomic E-state index is -1.02. The van der Waals surface area contributed by atoms with Crippen LogP contribution in [0.3, 0.4) is 0 Å². The first kappa shape index (κ1) is 18.3. The van der Waals surface area contributed by atoms with Gasteiger partial charge in [0.1, 0.15) is 18.1 Å². The van der Waals surface area contributed by atoms with E-state index in [1.807, 2.05) is 48.5 Å². The molecule has 128 valence electrons. The number of rotatable bonds is 7. The van der Waals surface area contributed by atoms with Gasteiger partial charge in [0, 0.05) is 4.47 Å². The zero-order valence-corrected chi connectivity index (χ0v) is 15.6. The first-order chi connectivity index (χ1) is 11.4. The molecule has 0 saturated carbocycles. The van der Waals surface area contributed by atoms with Crippen LogP contribution in [0.4, 0.5) is 0 Å². The van der Waals surface area contributed by atoms with Crippen LogP contribution in [-0.2, 0) is 16.1 Å². The lowest BCUT2D eigenvalue weighted by Gasteiger charge is -2.24. The number of halogens is 1. The van der Waals surface area contributed by atoms with Crippen molar-refractivity contribution in [3.05, 3.63) is 58.6 Å². The van der Waals surface area contributed by atoms with Gasteiger partial charge in [-0.05, 0) is 62.7 Å². The van der Waals surface area contributed by atoms with E-state index >= 15 is 0 Å². The van der Waals surface area contributed by atoms with Crippen LogP contribution < -0.4 is 9.47 Å². The number of ether oxygens (including phenoxy) is 3. The van der Waals surface area contributed by atoms with Crippen molar-refractivity contribution in [2.75, 3.05) is 6.61 Å². The van der Waals surface area contributed by atoms with Gasteiger partial charge in [-0.25, -0.2) is 4.79 Å². The highest BCUT2D eigenvalue weighted by Gasteiger charge is 2.31. The maximum Gasteiger partial charge on any atom is 0.349 e. The average molecular weight is 393 g/mol. The summed E-state index contributed by atoms with van der Waals surface area (Å²) in [6.07, 6.45) is 0. The number of hydrogen-bond donors (Lipinski definition) is 0. The molecule has 0 amide bonds. The molecule has 2 aromatic carbocycles. The zero-order chi connectivity index (χ0) is 17.6. The molecule has 0 radical (unpaired) electrons. The molecule has 0 fully saturated rings. The number of carbonyl (C=O) groups excluding carboxylic acids is 1. The fourth-order valence-corrected chi connectivity index (χ4v) is 2.26. The first-order valence-electron chi connectivity index (χ1n) is 7.74. The molecular formula is C19H21BrO4. The van der Waals surface area contributed by atoms with Gasteiger partial charge in [0.2, 0.25) is 0 Å². The van der Waals surface area contributed by atoms with Crippen LogP contribution in [0.2, 0.25) is 0 Å². The van der Waals surface area contributed by atoms with Gasteiger partial charge in [-0.2, -0.15) is 0 Å². The predicted molar refractivity (Wildman–Crippen MR) is 96.3 cm³/mol. The summed E-state index contributed by atoms with van der Waals surface area (Å²) < 4.78 is 17.5. The standard InChI is InChI=1S/C19H21BrO4/c1-4-22-18(21)19(2,3)24-17-9-5-14(6-10-17)13-23-16-11-7-15(20)8-12-16/h5-12H,4,13H2,1-3H3. The Balaban J connectivity index is 1.92. The van der Waals surface area contributed by atoms with E-state index in [2.05, 4.69) is 15.9 Å². The molecule has 0 unspecified atom stereocenters. The van der Waals surface area contributed by atoms with Crippen LogP contribution in [0.25, 0.3) is 0 Å². The van der Waals surface area contributed by atoms with Gasteiger partial charge in [0.25, 0.3) is 0 Å². The maximum absolute atomic E-state index is 11.8. The fraction of sp³-hybridized carbons (Fsp3) is 0.316. The third-order valence-electron chi connectivity index (χ3n) is 3.28. The molecular weight excluding hydrogens is 372 g/mol. The molecule has 0 aliphatic rings. The molecule has 0 heterocycles. The average Bonchev–Trinajstić information content (AvgIpc) is 2.55. The van der Waals surface area contributed by atoms with Crippen molar-refractivity contribution in [1.29, 1.82) is 0 Å². The van der Waals surface area contributed by atoms with E-state index in [4.69, 9.17) is 14.2 Å². The van der Waals surface area contributed by atoms with E-state index < -0.39 is 5.60 Å². The quantitative estimate of drug-likeness (QED) is 0.637. The third kappa shape index (κ3) is 5.27. The molecule has 0 aliphatic heterocycles. The molecule has 0 aliphatic carbocycles. The van der Waals surface area contributed by atoms with Gasteiger partial charge in [0.05, 0.1) is 6.61 Å². The first-order valence-corrected chi connectivity index (χ1v) is 8.53. The third-order valence-corrected chi connectivity index (χ3v) is 3.81. The molecule has 24 heavy (non-hydrogen) atoms. The zero-order valence-electron chi connectivity index (χ0n) is 14.0. The highest BCUT2D eigenvalue weighted by atomic mass is 79.9. The van der Waals surface area contributed by atoms with Crippen LogP contribution in [0.15, 0.2) is 53.0 Å². The largest absolute Gasteiger partial charge is 0.489 e. The molecule has 0 bridgehead atoms. The molecule has 4 nitrogen and oxygen atoms in total. The van der Waals surface area contributed by atoms with E-state index in [0.29, 0.717) is 19.0 Å². The molecule has 0 saturated heterocycles. The Hall–Kier alpha value is -2.01. The smallest absolute Gasteiger partial charge is 0.349 e. The normalized spacial score (nSPS) is 11.0. The van der Waals surface area contributed by atoms with Gasteiger partial charge < -0.3 is 14.2 Å². The monoisotopic (exact) mass is 392 g/mol. The lowest BCUT2D eigenvalue weighted by atomic mass is 10.1. The summed E-state index contributed by atoms with van der Waals surface area (Å²) in [5.74, 6) is 1.04. The van der Waals surface area contributed by atoms with Gasteiger partial charge in [0.15, 0.2) is 5.60 Å². The highest BCUT2D eigenvalue weighted by molar-refractivity contribution is 9.10. The molecule has 0 aromatic heterocycles. The number of carbonyl (C=O) groups is 1. The summed E-state index contributed by atoms with van der Waals surface area (Å²) in [7, 11) is 0. The van der Waals surface area contributed by atoms with Crippen LogP contribution in [0, 0.1) is 0 Å². The summed E-state index contributed by atoms with van der Waals surface area (Å²) in [5, 5.41) is 0. The maximum atomic E-state index is 11.8. The van der Waals surface area contributed by atoms with E-state index in [0.717, 1.165) is 15.8 Å². The summed E-state index contributed by atoms with van der Waals surface area (Å²) in [6, 6.07) is 15.1. The van der Waals surface area contributed by atoms with Gasteiger partial charge in [-0.3, -0.25) is 0 Å². The Bertz CT molecular complexity index is 663. The summed E-state index contributed by atoms with van der Waals surface area (Å²) in [5.41, 5.74) is -0.00921. The van der Waals surface area contributed by atoms with E-state index in [1.54, 1.807) is 20.8 Å². The molecule has 2 rings (SSSR count). The lowest BCUT2D eigenvalue weighted by molar-refractivity contribution is -0.158. The SMILES string of the molecule is CCOC(=O)C(C)(C)Oc1ccc(COc2ccc(Br)cc2)cc1. The van der Waals surface area contributed by atoms with Crippen LogP contribution >= 0.6 is 15.9 Å². The van der Waals surface area contributed by atoms with Gasteiger partial charge >= 0.3 is 5.97 Å².